The van der Waals surface area contributed by atoms with Crippen LogP contribution in [0.2, 0.25) is 0 Å². The van der Waals surface area contributed by atoms with Crippen molar-refractivity contribution in [3.05, 3.63) is 45.6 Å². The van der Waals surface area contributed by atoms with Crippen LogP contribution >= 0.6 is 11.3 Å². The molecule has 2 aromatic rings. The molecule has 0 radical (unpaired) electrons. The average Bonchev–Trinajstić information content (AvgIpc) is 2.98. The summed E-state index contributed by atoms with van der Waals surface area (Å²) in [5.74, 6) is 0.952. The van der Waals surface area contributed by atoms with Crippen LogP contribution in [0, 0.1) is 6.92 Å². The Bertz CT molecular complexity index is 653. The molecule has 0 spiro atoms. The third-order valence-corrected chi connectivity index (χ3v) is 4.25. The first-order chi connectivity index (χ1) is 10.5. The fourth-order valence-corrected chi connectivity index (χ4v) is 2.82. The number of rotatable bonds is 6. The van der Waals surface area contributed by atoms with Crippen LogP contribution in [0.25, 0.3) is 0 Å². The molecule has 1 atom stereocenters. The Morgan fingerprint density at radius 2 is 2.00 bits per heavy atom. The van der Waals surface area contributed by atoms with Crippen molar-refractivity contribution in [3.63, 3.8) is 0 Å². The number of carbonyl (C=O) groups is 1. The number of aryl methyl sites for hydroxylation is 1. The van der Waals surface area contributed by atoms with Crippen molar-refractivity contribution >= 4 is 17.2 Å². The quantitative estimate of drug-likeness (QED) is 0.858. The van der Waals surface area contributed by atoms with Crippen molar-refractivity contribution in [2.75, 3.05) is 20.8 Å². The van der Waals surface area contributed by atoms with Crippen LogP contribution in [0.15, 0.2) is 29.6 Å². The van der Waals surface area contributed by atoms with Crippen LogP contribution < -0.4 is 14.8 Å². The lowest BCUT2D eigenvalue weighted by Gasteiger charge is -2.14. The molecule has 6 heteroatoms. The minimum atomic E-state index is -0.815. The van der Waals surface area contributed by atoms with E-state index in [4.69, 9.17) is 9.47 Å². The van der Waals surface area contributed by atoms with Gasteiger partial charge in [0.25, 0.3) is 5.91 Å². The smallest absolute Gasteiger partial charge is 0.261 e. The van der Waals surface area contributed by atoms with Crippen LogP contribution in [0.1, 0.15) is 26.9 Å². The third kappa shape index (κ3) is 3.78. The number of nitrogens with one attached hydrogen (secondary N) is 1. The largest absolute Gasteiger partial charge is 0.493 e. The number of ether oxygens (including phenoxy) is 2. The van der Waals surface area contributed by atoms with Crippen molar-refractivity contribution in [2.45, 2.75) is 13.0 Å². The Kier molecular flexibility index (Phi) is 5.41. The Hall–Kier alpha value is -2.05. The fourth-order valence-electron chi connectivity index (χ4n) is 2.00. The Morgan fingerprint density at radius 1 is 1.27 bits per heavy atom. The van der Waals surface area contributed by atoms with Gasteiger partial charge in [0, 0.05) is 6.54 Å². The standard InChI is InChI=1S/C16H19NO4S/c1-10-6-15(22-9-10)16(19)17-8-12(18)11-4-5-13(20-2)14(7-11)21-3/h4-7,9,12,18H,8H2,1-3H3,(H,17,19). The molecule has 0 aliphatic rings. The summed E-state index contributed by atoms with van der Waals surface area (Å²) in [5.41, 5.74) is 1.70. The van der Waals surface area contributed by atoms with Crippen molar-refractivity contribution in [1.82, 2.24) is 5.32 Å². The highest BCUT2D eigenvalue weighted by Gasteiger charge is 2.14. The monoisotopic (exact) mass is 321 g/mol. The van der Waals surface area contributed by atoms with E-state index in [1.807, 2.05) is 18.4 Å². The fraction of sp³-hybridized carbons (Fsp3) is 0.312. The van der Waals surface area contributed by atoms with Crippen molar-refractivity contribution in [3.8, 4) is 11.5 Å². The third-order valence-electron chi connectivity index (χ3n) is 3.20. The van der Waals surface area contributed by atoms with Gasteiger partial charge in [0.05, 0.1) is 25.2 Å². The molecular formula is C16H19NO4S. The van der Waals surface area contributed by atoms with Gasteiger partial charge in [0.15, 0.2) is 11.5 Å². The van der Waals surface area contributed by atoms with Crippen molar-refractivity contribution in [1.29, 1.82) is 0 Å². The highest BCUT2D eigenvalue weighted by molar-refractivity contribution is 7.12. The number of benzene rings is 1. The summed E-state index contributed by atoms with van der Waals surface area (Å²) in [7, 11) is 3.09. The van der Waals surface area contributed by atoms with Crippen LogP contribution in [-0.2, 0) is 0 Å². The molecule has 1 aromatic carbocycles. The highest BCUT2D eigenvalue weighted by atomic mass is 32.1. The summed E-state index contributed by atoms with van der Waals surface area (Å²) >= 11 is 1.39. The minimum Gasteiger partial charge on any atom is -0.493 e. The zero-order chi connectivity index (χ0) is 16.1. The van der Waals surface area contributed by atoms with E-state index in [1.54, 1.807) is 25.3 Å². The molecule has 1 aromatic heterocycles. The zero-order valence-corrected chi connectivity index (χ0v) is 13.6. The molecule has 0 fully saturated rings. The molecule has 0 aliphatic heterocycles. The lowest BCUT2D eigenvalue weighted by Crippen LogP contribution is -2.27. The van der Waals surface area contributed by atoms with Gasteiger partial charge in [-0.25, -0.2) is 0 Å². The van der Waals surface area contributed by atoms with Crippen LogP contribution in [0.4, 0.5) is 0 Å². The number of methoxy groups -OCH3 is 2. The summed E-state index contributed by atoms with van der Waals surface area (Å²) in [6.07, 6.45) is -0.815. The van der Waals surface area contributed by atoms with Gasteiger partial charge in [-0.05, 0) is 41.6 Å². The van der Waals surface area contributed by atoms with E-state index in [9.17, 15) is 9.90 Å². The number of aliphatic hydroxyl groups excluding tert-OH is 1. The summed E-state index contributed by atoms with van der Waals surface area (Å²) in [6.45, 7) is 2.07. The molecule has 1 amide bonds. The molecule has 1 unspecified atom stereocenters. The van der Waals surface area contributed by atoms with Crippen LogP contribution in [-0.4, -0.2) is 31.8 Å². The average molecular weight is 321 g/mol. The number of aliphatic hydroxyl groups is 1. The van der Waals surface area contributed by atoms with Crippen molar-refractivity contribution in [2.24, 2.45) is 0 Å². The molecule has 2 N–H and O–H groups in total. The molecule has 22 heavy (non-hydrogen) atoms. The second kappa shape index (κ2) is 7.29. The zero-order valence-electron chi connectivity index (χ0n) is 12.8. The summed E-state index contributed by atoms with van der Waals surface area (Å²) in [5, 5.41) is 14.8. The lowest BCUT2D eigenvalue weighted by atomic mass is 10.1. The minimum absolute atomic E-state index is 0.130. The van der Waals surface area contributed by atoms with Gasteiger partial charge in [-0.2, -0.15) is 0 Å². The summed E-state index contributed by atoms with van der Waals surface area (Å²) < 4.78 is 10.4. The first-order valence-corrected chi connectivity index (χ1v) is 7.66. The number of hydrogen-bond acceptors (Lipinski definition) is 5. The number of hydrogen-bond donors (Lipinski definition) is 2. The summed E-state index contributed by atoms with van der Waals surface area (Å²) in [4.78, 5) is 12.6. The normalized spacial score (nSPS) is 11.8. The Morgan fingerprint density at radius 3 is 2.59 bits per heavy atom. The van der Waals surface area contributed by atoms with E-state index < -0.39 is 6.10 Å². The predicted molar refractivity (Wildman–Crippen MR) is 85.9 cm³/mol. The van der Waals surface area contributed by atoms with Crippen LogP contribution in [0.5, 0.6) is 11.5 Å². The van der Waals surface area contributed by atoms with Crippen molar-refractivity contribution < 1.29 is 19.4 Å². The number of thiophene rings is 1. The van der Waals surface area contributed by atoms with E-state index in [-0.39, 0.29) is 12.5 Å². The summed E-state index contributed by atoms with van der Waals surface area (Å²) in [6, 6.07) is 6.99. The van der Waals surface area contributed by atoms with Crippen LogP contribution in [0.3, 0.4) is 0 Å². The molecule has 5 nitrogen and oxygen atoms in total. The maximum atomic E-state index is 12.0. The van der Waals surface area contributed by atoms with Gasteiger partial charge in [-0.15, -0.1) is 11.3 Å². The van der Waals surface area contributed by atoms with Gasteiger partial charge in [-0.1, -0.05) is 6.07 Å². The lowest BCUT2D eigenvalue weighted by molar-refractivity contribution is 0.0920. The highest BCUT2D eigenvalue weighted by Crippen LogP contribution is 2.29. The van der Waals surface area contributed by atoms with E-state index in [0.717, 1.165) is 5.56 Å². The molecule has 118 valence electrons. The Labute approximate surface area is 133 Å². The Balaban J connectivity index is 2.00. The maximum absolute atomic E-state index is 12.0. The molecule has 1 heterocycles. The molecule has 0 aliphatic carbocycles. The van der Waals surface area contributed by atoms with Gasteiger partial charge in [0.2, 0.25) is 0 Å². The molecule has 0 saturated heterocycles. The maximum Gasteiger partial charge on any atom is 0.261 e. The van der Waals surface area contributed by atoms with E-state index >= 15 is 0 Å². The van der Waals surface area contributed by atoms with Gasteiger partial charge in [0.1, 0.15) is 0 Å². The molecular weight excluding hydrogens is 302 g/mol. The van der Waals surface area contributed by atoms with Gasteiger partial charge in [-0.3, -0.25) is 4.79 Å². The second-order valence-electron chi connectivity index (χ2n) is 4.83. The van der Waals surface area contributed by atoms with E-state index in [0.29, 0.717) is 21.9 Å². The SMILES string of the molecule is COc1ccc(C(O)CNC(=O)c2cc(C)cs2)cc1OC. The number of amides is 1. The topological polar surface area (TPSA) is 67.8 Å². The van der Waals surface area contributed by atoms with E-state index in [2.05, 4.69) is 5.32 Å². The molecule has 2 rings (SSSR count). The first kappa shape index (κ1) is 16.3. The predicted octanol–water partition coefficient (Wildman–Crippen LogP) is 2.54. The van der Waals surface area contributed by atoms with E-state index in [1.165, 1.54) is 18.4 Å². The molecule has 0 bridgehead atoms. The first-order valence-electron chi connectivity index (χ1n) is 6.78. The second-order valence-corrected chi connectivity index (χ2v) is 5.74. The molecule has 0 saturated carbocycles. The van der Waals surface area contributed by atoms with Gasteiger partial charge < -0.3 is 19.9 Å². The number of carbonyl (C=O) groups excluding carboxylic acids is 1. The van der Waals surface area contributed by atoms with Gasteiger partial charge >= 0.3 is 0 Å².